The SMILES string of the molecule is COc1cccc(N(CC(=O)N(Cc2ccccc2)[C@H](Cc2ccccc2)C(=O)NC(C)(C)C)S(=O)(=O)c2ccccc2)c1. The van der Waals surface area contributed by atoms with E-state index in [0.717, 1.165) is 15.4 Å². The van der Waals surface area contributed by atoms with Crippen molar-refractivity contribution in [3.8, 4) is 5.75 Å². The highest BCUT2D eigenvalue weighted by molar-refractivity contribution is 7.92. The van der Waals surface area contributed by atoms with Crippen molar-refractivity contribution in [3.63, 3.8) is 0 Å². The first kappa shape index (κ1) is 32.3. The van der Waals surface area contributed by atoms with Gasteiger partial charge in [0.25, 0.3) is 10.0 Å². The molecule has 4 aromatic rings. The Kier molecular flexibility index (Phi) is 10.4. The second kappa shape index (κ2) is 14.2. The molecule has 0 aliphatic carbocycles. The van der Waals surface area contributed by atoms with E-state index in [9.17, 15) is 18.0 Å². The van der Waals surface area contributed by atoms with E-state index < -0.39 is 34.1 Å². The number of anilines is 1. The van der Waals surface area contributed by atoms with Gasteiger partial charge in [-0.05, 0) is 56.2 Å². The average molecular weight is 614 g/mol. The topological polar surface area (TPSA) is 96.0 Å². The molecular formula is C35H39N3O5S. The van der Waals surface area contributed by atoms with E-state index >= 15 is 0 Å². The number of carbonyl (C=O) groups excluding carboxylic acids is 2. The predicted octanol–water partition coefficient (Wildman–Crippen LogP) is 5.45. The van der Waals surface area contributed by atoms with Crippen molar-refractivity contribution in [1.82, 2.24) is 10.2 Å². The zero-order valence-electron chi connectivity index (χ0n) is 25.5. The van der Waals surface area contributed by atoms with Gasteiger partial charge >= 0.3 is 0 Å². The van der Waals surface area contributed by atoms with E-state index in [1.54, 1.807) is 42.5 Å². The first-order valence-electron chi connectivity index (χ1n) is 14.4. The number of rotatable bonds is 12. The lowest BCUT2D eigenvalue weighted by atomic mass is 10.0. The van der Waals surface area contributed by atoms with Crippen LogP contribution in [0.4, 0.5) is 5.69 Å². The molecule has 0 unspecified atom stereocenters. The second-order valence-corrected chi connectivity index (χ2v) is 13.3. The normalized spacial score (nSPS) is 12.2. The van der Waals surface area contributed by atoms with Gasteiger partial charge in [-0.25, -0.2) is 8.42 Å². The van der Waals surface area contributed by atoms with E-state index in [4.69, 9.17) is 4.74 Å². The lowest BCUT2D eigenvalue weighted by molar-refractivity contribution is -0.140. The van der Waals surface area contributed by atoms with Crippen molar-refractivity contribution in [2.75, 3.05) is 18.0 Å². The summed E-state index contributed by atoms with van der Waals surface area (Å²) in [7, 11) is -2.69. The molecule has 1 atom stereocenters. The number of sulfonamides is 1. The standard InChI is InChI=1S/C35H39N3O5S/c1-35(2,3)36-34(40)32(23-27-15-8-5-9-16-27)37(25-28-17-10-6-11-18-28)33(39)26-38(29-19-14-20-30(24-29)43-4)44(41,42)31-21-12-7-13-22-31/h5-22,24,32H,23,25-26H2,1-4H3,(H,36,40)/t32-/m1/s1. The van der Waals surface area contributed by atoms with Crippen molar-refractivity contribution >= 4 is 27.5 Å². The van der Waals surface area contributed by atoms with E-state index in [2.05, 4.69) is 5.32 Å². The highest BCUT2D eigenvalue weighted by Crippen LogP contribution is 2.28. The lowest BCUT2D eigenvalue weighted by Crippen LogP contribution is -2.56. The fraction of sp³-hybridized carbons (Fsp3) is 0.257. The summed E-state index contributed by atoms with van der Waals surface area (Å²) < 4.78 is 34.6. The number of amides is 2. The van der Waals surface area contributed by atoms with Gasteiger partial charge in [0, 0.05) is 24.6 Å². The van der Waals surface area contributed by atoms with Gasteiger partial charge in [-0.2, -0.15) is 0 Å². The van der Waals surface area contributed by atoms with Gasteiger partial charge in [-0.3, -0.25) is 13.9 Å². The Balaban J connectivity index is 1.81. The van der Waals surface area contributed by atoms with Crippen molar-refractivity contribution in [3.05, 3.63) is 126 Å². The lowest BCUT2D eigenvalue weighted by Gasteiger charge is -2.35. The van der Waals surface area contributed by atoms with Crippen LogP contribution < -0.4 is 14.4 Å². The zero-order chi connectivity index (χ0) is 31.7. The number of nitrogens with one attached hydrogen (secondary N) is 1. The van der Waals surface area contributed by atoms with Crippen LogP contribution in [0.1, 0.15) is 31.9 Å². The number of benzene rings is 4. The Hall–Kier alpha value is -4.63. The maximum Gasteiger partial charge on any atom is 0.264 e. The zero-order valence-corrected chi connectivity index (χ0v) is 26.3. The van der Waals surface area contributed by atoms with E-state index in [1.807, 2.05) is 81.4 Å². The molecule has 9 heteroatoms. The molecule has 1 N–H and O–H groups in total. The molecular weight excluding hydrogens is 574 g/mol. The number of hydrogen-bond acceptors (Lipinski definition) is 5. The molecule has 0 aromatic heterocycles. The quantitative estimate of drug-likeness (QED) is 0.230. The Morgan fingerprint density at radius 3 is 1.93 bits per heavy atom. The summed E-state index contributed by atoms with van der Waals surface area (Å²) in [5.41, 5.74) is 1.38. The van der Waals surface area contributed by atoms with E-state index in [1.165, 1.54) is 24.1 Å². The summed E-state index contributed by atoms with van der Waals surface area (Å²) in [6.07, 6.45) is 0.242. The van der Waals surface area contributed by atoms with E-state index in [-0.39, 0.29) is 29.5 Å². The molecule has 0 spiro atoms. The van der Waals surface area contributed by atoms with Crippen molar-refractivity contribution in [2.24, 2.45) is 0 Å². The van der Waals surface area contributed by atoms with Gasteiger partial charge < -0.3 is 15.0 Å². The summed E-state index contributed by atoms with van der Waals surface area (Å²) in [5.74, 6) is -0.415. The van der Waals surface area contributed by atoms with Crippen LogP contribution in [0.5, 0.6) is 5.75 Å². The highest BCUT2D eigenvalue weighted by atomic mass is 32.2. The summed E-state index contributed by atoms with van der Waals surface area (Å²) in [6.45, 7) is 5.21. The van der Waals surface area contributed by atoms with Crippen molar-refractivity contribution < 1.29 is 22.7 Å². The minimum absolute atomic E-state index is 0.0385. The molecule has 0 bridgehead atoms. The van der Waals surface area contributed by atoms with Gasteiger partial charge in [0.15, 0.2) is 0 Å². The summed E-state index contributed by atoms with van der Waals surface area (Å²) in [5, 5.41) is 3.04. The molecule has 0 aliphatic rings. The summed E-state index contributed by atoms with van der Waals surface area (Å²) in [4.78, 5) is 29.9. The molecule has 44 heavy (non-hydrogen) atoms. The number of hydrogen-bond donors (Lipinski definition) is 1. The van der Waals surface area contributed by atoms with Crippen LogP contribution in [0.25, 0.3) is 0 Å². The molecule has 2 amide bonds. The smallest absolute Gasteiger partial charge is 0.264 e. The molecule has 0 heterocycles. The molecule has 4 rings (SSSR count). The minimum atomic E-state index is -4.18. The molecule has 0 fully saturated rings. The second-order valence-electron chi connectivity index (χ2n) is 11.5. The maximum absolute atomic E-state index is 14.5. The van der Waals surface area contributed by atoms with Crippen LogP contribution in [-0.2, 0) is 32.6 Å². The third-order valence-corrected chi connectivity index (χ3v) is 8.70. The van der Waals surface area contributed by atoms with Crippen LogP contribution in [0.2, 0.25) is 0 Å². The first-order valence-corrected chi connectivity index (χ1v) is 15.8. The maximum atomic E-state index is 14.5. The van der Waals surface area contributed by atoms with Crippen LogP contribution in [-0.4, -0.2) is 50.4 Å². The molecule has 0 aliphatic heterocycles. The average Bonchev–Trinajstić information content (AvgIpc) is 3.02. The fourth-order valence-electron chi connectivity index (χ4n) is 4.80. The van der Waals surface area contributed by atoms with Gasteiger partial charge in [0.05, 0.1) is 17.7 Å². The van der Waals surface area contributed by atoms with Crippen molar-refractivity contribution in [2.45, 2.75) is 50.2 Å². The molecule has 4 aromatic carbocycles. The fourth-order valence-corrected chi connectivity index (χ4v) is 6.23. The van der Waals surface area contributed by atoms with E-state index in [0.29, 0.717) is 5.75 Å². The molecule has 0 saturated carbocycles. The number of carbonyl (C=O) groups is 2. The van der Waals surface area contributed by atoms with Gasteiger partial charge in [-0.15, -0.1) is 0 Å². The third-order valence-electron chi connectivity index (χ3n) is 6.92. The van der Waals surface area contributed by atoms with Crippen LogP contribution >= 0.6 is 0 Å². The van der Waals surface area contributed by atoms with Gasteiger partial charge in [0.1, 0.15) is 18.3 Å². The van der Waals surface area contributed by atoms with Crippen LogP contribution in [0.3, 0.4) is 0 Å². The minimum Gasteiger partial charge on any atom is -0.497 e. The Labute approximate surface area is 260 Å². The molecule has 8 nitrogen and oxygen atoms in total. The first-order chi connectivity index (χ1) is 21.0. The van der Waals surface area contributed by atoms with Gasteiger partial charge in [0.2, 0.25) is 11.8 Å². The highest BCUT2D eigenvalue weighted by Gasteiger charge is 2.35. The number of ether oxygens (including phenoxy) is 1. The van der Waals surface area contributed by atoms with Gasteiger partial charge in [-0.1, -0.05) is 84.9 Å². The summed E-state index contributed by atoms with van der Waals surface area (Å²) in [6, 6.07) is 32.4. The largest absolute Gasteiger partial charge is 0.497 e. The molecule has 0 radical (unpaired) electrons. The number of methoxy groups -OCH3 is 1. The van der Waals surface area contributed by atoms with Crippen LogP contribution in [0.15, 0.2) is 120 Å². The third kappa shape index (κ3) is 8.48. The van der Waals surface area contributed by atoms with Crippen LogP contribution in [0, 0.1) is 0 Å². The Morgan fingerprint density at radius 1 is 0.795 bits per heavy atom. The Morgan fingerprint density at radius 2 is 1.36 bits per heavy atom. The molecule has 230 valence electrons. The van der Waals surface area contributed by atoms with Crippen molar-refractivity contribution in [1.29, 1.82) is 0 Å². The predicted molar refractivity (Wildman–Crippen MR) is 173 cm³/mol. The summed E-state index contributed by atoms with van der Waals surface area (Å²) >= 11 is 0. The molecule has 0 saturated heterocycles. The number of nitrogens with zero attached hydrogens (tertiary/aromatic N) is 2. The Bertz CT molecular complexity index is 1640. The monoisotopic (exact) mass is 613 g/mol.